The average Bonchev–Trinajstić information content (AvgIpc) is 2.83. The van der Waals surface area contributed by atoms with Crippen LogP contribution in [0.4, 0.5) is 8.78 Å². The van der Waals surface area contributed by atoms with Crippen molar-refractivity contribution in [2.75, 3.05) is 11.7 Å². The molecular weight excluding hydrogens is 422 g/mol. The highest BCUT2D eigenvalue weighted by atomic mass is 19.1. The molecule has 1 fully saturated rings. The van der Waals surface area contributed by atoms with E-state index in [4.69, 9.17) is 0 Å². The molecule has 1 aromatic carbocycles. The molecule has 1 atom stereocenters. The van der Waals surface area contributed by atoms with Crippen LogP contribution in [0.25, 0.3) is 0 Å². The quantitative estimate of drug-likeness (QED) is 0.753. The molecule has 0 spiro atoms. The number of carbonyl (C=O) groups excluding carboxylic acids is 2. The van der Waals surface area contributed by atoms with Gasteiger partial charge >= 0.3 is 0 Å². The van der Waals surface area contributed by atoms with E-state index in [0.29, 0.717) is 6.07 Å². The lowest BCUT2D eigenvalue weighted by atomic mass is 9.95. The molecular formula is C22H24F2N4O4. The van der Waals surface area contributed by atoms with Crippen LogP contribution in [0.1, 0.15) is 60.0 Å². The lowest BCUT2D eigenvalue weighted by molar-refractivity contribution is 0.0478. The molecule has 4 rings (SSSR count). The molecule has 32 heavy (non-hydrogen) atoms. The Kier molecular flexibility index (Phi) is 5.18. The first-order valence-electron chi connectivity index (χ1n) is 10.3. The van der Waals surface area contributed by atoms with Gasteiger partial charge in [-0.25, -0.2) is 8.78 Å². The SMILES string of the molecule is C[C@@H]1CCC(C)(C)N2CN1n1cc(C(=O)NCc3ccc(F)cc3F)c(=O)c(O)c1C2=O. The second-order valence-corrected chi connectivity index (χ2v) is 8.85. The van der Waals surface area contributed by atoms with E-state index in [9.17, 15) is 28.3 Å². The van der Waals surface area contributed by atoms with Crippen LogP contribution in [-0.2, 0) is 6.54 Å². The Morgan fingerprint density at radius 2 is 2.00 bits per heavy atom. The minimum absolute atomic E-state index is 0.0303. The van der Waals surface area contributed by atoms with Crippen molar-refractivity contribution in [2.24, 2.45) is 0 Å². The summed E-state index contributed by atoms with van der Waals surface area (Å²) in [7, 11) is 0. The Hall–Kier alpha value is -3.43. The molecule has 0 aliphatic carbocycles. The molecule has 8 nitrogen and oxygen atoms in total. The fourth-order valence-corrected chi connectivity index (χ4v) is 4.16. The molecule has 0 saturated carbocycles. The number of hydrogen-bond acceptors (Lipinski definition) is 5. The number of halogens is 2. The monoisotopic (exact) mass is 446 g/mol. The predicted molar refractivity (Wildman–Crippen MR) is 112 cm³/mol. The minimum Gasteiger partial charge on any atom is -0.502 e. The third kappa shape index (κ3) is 3.49. The van der Waals surface area contributed by atoms with Gasteiger partial charge in [-0.2, -0.15) is 0 Å². The van der Waals surface area contributed by atoms with E-state index < -0.39 is 40.2 Å². The molecule has 10 heteroatoms. The highest BCUT2D eigenvalue weighted by molar-refractivity contribution is 5.99. The van der Waals surface area contributed by atoms with Crippen LogP contribution in [0, 0.1) is 11.6 Å². The molecule has 0 radical (unpaired) electrons. The highest BCUT2D eigenvalue weighted by Gasteiger charge is 2.44. The molecule has 170 valence electrons. The van der Waals surface area contributed by atoms with Gasteiger partial charge < -0.3 is 15.3 Å². The third-order valence-electron chi connectivity index (χ3n) is 6.29. The molecule has 1 saturated heterocycles. The zero-order valence-corrected chi connectivity index (χ0v) is 18.0. The summed E-state index contributed by atoms with van der Waals surface area (Å²) in [5.41, 5.74) is -2.00. The Morgan fingerprint density at radius 3 is 2.69 bits per heavy atom. The smallest absolute Gasteiger partial charge is 0.278 e. The van der Waals surface area contributed by atoms with E-state index in [-0.39, 0.29) is 36.1 Å². The van der Waals surface area contributed by atoms with E-state index in [2.05, 4.69) is 5.32 Å². The number of fused-ring (bicyclic) bond motifs is 4. The summed E-state index contributed by atoms with van der Waals surface area (Å²) in [6.45, 7) is 5.79. The molecule has 1 aromatic heterocycles. The van der Waals surface area contributed by atoms with Gasteiger partial charge in [-0.1, -0.05) is 6.07 Å². The van der Waals surface area contributed by atoms with Crippen molar-refractivity contribution in [1.82, 2.24) is 14.9 Å². The maximum Gasteiger partial charge on any atom is 0.278 e. The largest absolute Gasteiger partial charge is 0.502 e. The summed E-state index contributed by atoms with van der Waals surface area (Å²) < 4.78 is 28.3. The number of carbonyl (C=O) groups is 2. The first-order chi connectivity index (χ1) is 15.0. The van der Waals surface area contributed by atoms with Gasteiger partial charge in [0.05, 0.1) is 0 Å². The van der Waals surface area contributed by atoms with Crippen LogP contribution in [0.5, 0.6) is 5.75 Å². The Morgan fingerprint density at radius 1 is 1.28 bits per heavy atom. The first kappa shape index (κ1) is 21.8. The lowest BCUT2D eigenvalue weighted by Crippen LogP contribution is -2.60. The summed E-state index contributed by atoms with van der Waals surface area (Å²) in [5, 5.41) is 14.9. The van der Waals surface area contributed by atoms with Gasteiger partial charge in [0.1, 0.15) is 23.9 Å². The van der Waals surface area contributed by atoms with Gasteiger partial charge in [0.15, 0.2) is 11.4 Å². The van der Waals surface area contributed by atoms with Crippen molar-refractivity contribution in [2.45, 2.75) is 51.7 Å². The molecule has 2 N–H and O–H groups in total. The standard InChI is InChI=1S/C22H24F2N4O4/c1-12-6-7-22(2,3)26-11-28(12)27-10-15(18(29)19(30)17(27)21(26)32)20(31)25-9-13-4-5-14(23)8-16(13)24/h4-5,8,10,12,30H,6-7,9,11H2,1-3H3,(H,25,31)/t12-/m1/s1. The molecule has 3 heterocycles. The van der Waals surface area contributed by atoms with Gasteiger partial charge in [0.2, 0.25) is 5.43 Å². The number of aromatic nitrogens is 1. The van der Waals surface area contributed by atoms with Crippen LogP contribution in [0.2, 0.25) is 0 Å². The summed E-state index contributed by atoms with van der Waals surface area (Å²) in [6.07, 6.45) is 2.72. The zero-order chi connectivity index (χ0) is 23.4. The molecule has 0 unspecified atom stereocenters. The minimum atomic E-state index is -0.992. The maximum atomic E-state index is 13.9. The zero-order valence-electron chi connectivity index (χ0n) is 18.0. The summed E-state index contributed by atoms with van der Waals surface area (Å²) in [4.78, 5) is 40.2. The van der Waals surface area contributed by atoms with Crippen LogP contribution >= 0.6 is 0 Å². The highest BCUT2D eigenvalue weighted by Crippen LogP contribution is 2.33. The van der Waals surface area contributed by atoms with Crippen molar-refractivity contribution in [3.63, 3.8) is 0 Å². The molecule has 2 amide bonds. The summed E-state index contributed by atoms with van der Waals surface area (Å²) in [6, 6.07) is 2.91. The number of pyridine rings is 1. The van der Waals surface area contributed by atoms with Gasteiger partial charge in [0, 0.05) is 36.0 Å². The predicted octanol–water partition coefficient (Wildman–Crippen LogP) is 2.07. The molecule has 2 bridgehead atoms. The van der Waals surface area contributed by atoms with Gasteiger partial charge in [-0.15, -0.1) is 0 Å². The number of nitrogens with one attached hydrogen (secondary N) is 1. The normalized spacial score (nSPS) is 19.4. The Bertz CT molecular complexity index is 1180. The fourth-order valence-electron chi connectivity index (χ4n) is 4.16. The third-order valence-corrected chi connectivity index (χ3v) is 6.29. The van der Waals surface area contributed by atoms with Crippen molar-refractivity contribution in [3.05, 3.63) is 63.1 Å². The van der Waals surface area contributed by atoms with Crippen molar-refractivity contribution in [1.29, 1.82) is 0 Å². The summed E-state index contributed by atoms with van der Waals surface area (Å²) >= 11 is 0. The maximum absolute atomic E-state index is 13.9. The van der Waals surface area contributed by atoms with Crippen molar-refractivity contribution >= 4 is 11.8 Å². The lowest BCUT2D eigenvalue weighted by Gasteiger charge is -2.45. The fraction of sp³-hybridized carbons (Fsp3) is 0.409. The van der Waals surface area contributed by atoms with Crippen molar-refractivity contribution in [3.8, 4) is 5.75 Å². The van der Waals surface area contributed by atoms with Crippen LogP contribution in [-0.4, -0.2) is 44.7 Å². The van der Waals surface area contributed by atoms with E-state index in [1.165, 1.54) is 16.9 Å². The molecule has 2 aromatic rings. The van der Waals surface area contributed by atoms with E-state index in [1.54, 1.807) is 4.90 Å². The van der Waals surface area contributed by atoms with E-state index in [0.717, 1.165) is 18.9 Å². The second-order valence-electron chi connectivity index (χ2n) is 8.85. The van der Waals surface area contributed by atoms with Crippen molar-refractivity contribution < 1.29 is 23.5 Å². The Balaban J connectivity index is 1.71. The number of aromatic hydroxyl groups is 1. The first-order valence-corrected chi connectivity index (χ1v) is 10.3. The summed E-state index contributed by atoms with van der Waals surface area (Å²) in [5.74, 6) is -3.72. The second kappa shape index (κ2) is 7.61. The number of amides is 2. The van der Waals surface area contributed by atoms with Crippen LogP contribution in [0.15, 0.2) is 29.2 Å². The van der Waals surface area contributed by atoms with Crippen LogP contribution in [0.3, 0.4) is 0 Å². The van der Waals surface area contributed by atoms with E-state index in [1.807, 2.05) is 25.8 Å². The van der Waals surface area contributed by atoms with Gasteiger partial charge in [-0.3, -0.25) is 24.1 Å². The number of hydrogen-bond donors (Lipinski definition) is 2. The molecule has 2 aliphatic rings. The van der Waals surface area contributed by atoms with Gasteiger partial charge in [-0.05, 0) is 39.7 Å². The Labute approximate surface area is 183 Å². The number of benzene rings is 1. The topological polar surface area (TPSA) is 94.9 Å². The molecule has 2 aliphatic heterocycles. The number of rotatable bonds is 3. The van der Waals surface area contributed by atoms with E-state index >= 15 is 0 Å². The van der Waals surface area contributed by atoms with Crippen LogP contribution < -0.4 is 15.8 Å². The average molecular weight is 446 g/mol. The number of nitrogens with zero attached hydrogens (tertiary/aromatic N) is 3. The van der Waals surface area contributed by atoms with Gasteiger partial charge in [0.25, 0.3) is 11.8 Å².